The Morgan fingerprint density at radius 1 is 1.60 bits per heavy atom. The average Bonchev–Trinajstić information content (AvgIpc) is 2.87. The molecule has 0 unspecified atom stereocenters. The first-order valence-corrected chi connectivity index (χ1v) is 5.98. The van der Waals surface area contributed by atoms with Crippen LogP contribution >= 0.6 is 11.3 Å². The maximum Gasteiger partial charge on any atom is 0.323 e. The van der Waals surface area contributed by atoms with Gasteiger partial charge < -0.3 is 5.11 Å². The highest BCUT2D eigenvalue weighted by Crippen LogP contribution is 2.30. The zero-order valence-corrected chi connectivity index (χ0v) is 9.22. The van der Waals surface area contributed by atoms with Gasteiger partial charge in [0.15, 0.2) is 0 Å². The van der Waals surface area contributed by atoms with Crippen LogP contribution in [-0.2, 0) is 11.3 Å². The van der Waals surface area contributed by atoms with Gasteiger partial charge in [-0.25, -0.2) is 4.98 Å². The summed E-state index contributed by atoms with van der Waals surface area (Å²) in [6.45, 7) is 0.559. The van der Waals surface area contributed by atoms with Crippen molar-refractivity contribution in [3.63, 3.8) is 0 Å². The molecule has 1 aliphatic carbocycles. The summed E-state index contributed by atoms with van der Waals surface area (Å²) in [7, 11) is 0. The van der Waals surface area contributed by atoms with E-state index in [-0.39, 0.29) is 0 Å². The summed E-state index contributed by atoms with van der Waals surface area (Å²) in [4.78, 5) is 15.3. The molecule has 2 N–H and O–H groups in total. The van der Waals surface area contributed by atoms with Crippen LogP contribution in [0.5, 0.6) is 0 Å². The number of thiazole rings is 1. The maximum absolute atomic E-state index is 11.2. The smallest absolute Gasteiger partial charge is 0.323 e. The number of carbonyl (C=O) groups is 1. The van der Waals surface area contributed by atoms with Gasteiger partial charge in [-0.15, -0.1) is 11.3 Å². The number of nitrogens with zero attached hydrogens (tertiary/aromatic N) is 1. The van der Waals surface area contributed by atoms with E-state index in [1.54, 1.807) is 17.5 Å². The Hall–Kier alpha value is -0.940. The Morgan fingerprint density at radius 3 is 2.87 bits per heavy atom. The third kappa shape index (κ3) is 2.18. The Labute approximate surface area is 92.3 Å². The van der Waals surface area contributed by atoms with Crippen molar-refractivity contribution in [3.05, 3.63) is 16.6 Å². The van der Waals surface area contributed by atoms with Crippen molar-refractivity contribution in [2.24, 2.45) is 0 Å². The Balaban J connectivity index is 1.99. The summed E-state index contributed by atoms with van der Waals surface area (Å²) in [6.07, 6.45) is 5.19. The molecule has 5 heteroatoms. The lowest BCUT2D eigenvalue weighted by Crippen LogP contribution is -2.49. The molecule has 15 heavy (non-hydrogen) atoms. The molecule has 0 radical (unpaired) electrons. The molecular formula is C10H14N2O2S. The van der Waals surface area contributed by atoms with Crippen LogP contribution < -0.4 is 5.32 Å². The van der Waals surface area contributed by atoms with Gasteiger partial charge in [-0.2, -0.15) is 0 Å². The number of hydrogen-bond acceptors (Lipinski definition) is 4. The summed E-state index contributed by atoms with van der Waals surface area (Å²) >= 11 is 1.55. The van der Waals surface area contributed by atoms with Crippen LogP contribution in [0.4, 0.5) is 0 Å². The third-order valence-electron chi connectivity index (χ3n) is 2.93. The second kappa shape index (κ2) is 4.28. The van der Waals surface area contributed by atoms with E-state index in [9.17, 15) is 9.90 Å². The minimum Gasteiger partial charge on any atom is -0.480 e. The first-order chi connectivity index (χ1) is 7.23. The fraction of sp³-hybridized carbons (Fsp3) is 0.600. The fourth-order valence-electron chi connectivity index (χ4n) is 2.03. The number of hydrogen-bond donors (Lipinski definition) is 2. The van der Waals surface area contributed by atoms with Crippen molar-refractivity contribution in [2.75, 3.05) is 0 Å². The van der Waals surface area contributed by atoms with Gasteiger partial charge in [0.2, 0.25) is 0 Å². The fourth-order valence-corrected chi connectivity index (χ4v) is 2.59. The standard InChI is InChI=1S/C10H14N2O2S/c13-9(14)10(3-1-2-4-10)12-7-8-11-5-6-15-8/h5-6,12H,1-4,7H2,(H,13,14). The van der Waals surface area contributed by atoms with E-state index in [1.807, 2.05) is 5.38 Å². The third-order valence-corrected chi connectivity index (χ3v) is 3.71. The molecule has 1 heterocycles. The minimum atomic E-state index is -0.725. The molecule has 82 valence electrons. The summed E-state index contributed by atoms with van der Waals surface area (Å²) in [6, 6.07) is 0. The van der Waals surface area contributed by atoms with Gasteiger partial charge in [0, 0.05) is 18.1 Å². The summed E-state index contributed by atoms with van der Waals surface area (Å²) in [5, 5.41) is 15.2. The number of carboxylic acids is 1. The van der Waals surface area contributed by atoms with E-state index in [0.29, 0.717) is 6.54 Å². The van der Waals surface area contributed by atoms with Gasteiger partial charge in [-0.3, -0.25) is 10.1 Å². The van der Waals surface area contributed by atoms with Crippen LogP contribution in [-0.4, -0.2) is 21.6 Å². The lowest BCUT2D eigenvalue weighted by molar-refractivity contribution is -0.144. The van der Waals surface area contributed by atoms with Gasteiger partial charge in [0.05, 0.1) is 0 Å². The molecular weight excluding hydrogens is 212 g/mol. The average molecular weight is 226 g/mol. The Kier molecular flexibility index (Phi) is 3.02. The van der Waals surface area contributed by atoms with E-state index < -0.39 is 11.5 Å². The van der Waals surface area contributed by atoms with Crippen molar-refractivity contribution < 1.29 is 9.90 Å². The maximum atomic E-state index is 11.2. The molecule has 1 aromatic rings. The molecule has 0 spiro atoms. The number of aromatic nitrogens is 1. The monoisotopic (exact) mass is 226 g/mol. The molecule has 2 rings (SSSR count). The van der Waals surface area contributed by atoms with Gasteiger partial charge in [0.25, 0.3) is 0 Å². The van der Waals surface area contributed by atoms with E-state index in [1.165, 1.54) is 0 Å². The summed E-state index contributed by atoms with van der Waals surface area (Å²) < 4.78 is 0. The van der Waals surface area contributed by atoms with Crippen LogP contribution in [0, 0.1) is 0 Å². The van der Waals surface area contributed by atoms with Crippen LogP contribution in [0.25, 0.3) is 0 Å². The van der Waals surface area contributed by atoms with Crippen LogP contribution in [0.3, 0.4) is 0 Å². The lowest BCUT2D eigenvalue weighted by atomic mass is 9.98. The Bertz CT molecular complexity index is 331. The normalized spacial score (nSPS) is 19.2. The first kappa shape index (κ1) is 10.6. The lowest BCUT2D eigenvalue weighted by Gasteiger charge is -2.24. The molecule has 1 fully saturated rings. The van der Waals surface area contributed by atoms with Crippen molar-refractivity contribution in [2.45, 2.75) is 37.8 Å². The zero-order chi connectivity index (χ0) is 10.7. The van der Waals surface area contributed by atoms with Gasteiger partial charge in [0.1, 0.15) is 10.5 Å². The SMILES string of the molecule is O=C(O)C1(NCc2nccs2)CCCC1. The quantitative estimate of drug-likeness (QED) is 0.819. The van der Waals surface area contributed by atoms with E-state index >= 15 is 0 Å². The number of aliphatic carboxylic acids is 1. The van der Waals surface area contributed by atoms with Crippen LogP contribution in [0.2, 0.25) is 0 Å². The predicted octanol–water partition coefficient (Wildman–Crippen LogP) is 1.63. The topological polar surface area (TPSA) is 62.2 Å². The van der Waals surface area contributed by atoms with E-state index in [0.717, 1.165) is 30.7 Å². The van der Waals surface area contributed by atoms with Gasteiger partial charge >= 0.3 is 5.97 Å². The van der Waals surface area contributed by atoms with Gasteiger partial charge in [-0.1, -0.05) is 12.8 Å². The Morgan fingerprint density at radius 2 is 2.33 bits per heavy atom. The molecule has 0 aromatic carbocycles. The number of rotatable bonds is 4. The molecule has 1 aromatic heterocycles. The second-order valence-corrected chi connectivity index (χ2v) is 4.85. The number of nitrogens with one attached hydrogen (secondary N) is 1. The molecule has 0 amide bonds. The van der Waals surface area contributed by atoms with Crippen molar-refractivity contribution in [1.29, 1.82) is 0 Å². The molecule has 1 saturated carbocycles. The predicted molar refractivity (Wildman–Crippen MR) is 57.8 cm³/mol. The van der Waals surface area contributed by atoms with Crippen LogP contribution in [0.1, 0.15) is 30.7 Å². The molecule has 1 aliphatic rings. The highest BCUT2D eigenvalue weighted by Gasteiger charge is 2.40. The molecule has 0 aliphatic heterocycles. The van der Waals surface area contributed by atoms with Crippen molar-refractivity contribution in [3.8, 4) is 0 Å². The van der Waals surface area contributed by atoms with E-state index in [2.05, 4.69) is 10.3 Å². The molecule has 0 saturated heterocycles. The van der Waals surface area contributed by atoms with Crippen LogP contribution in [0.15, 0.2) is 11.6 Å². The molecule has 4 nitrogen and oxygen atoms in total. The molecule has 0 bridgehead atoms. The summed E-state index contributed by atoms with van der Waals surface area (Å²) in [5.41, 5.74) is -0.703. The van der Waals surface area contributed by atoms with Gasteiger partial charge in [-0.05, 0) is 12.8 Å². The number of carboxylic acid groups (broad SMARTS) is 1. The van der Waals surface area contributed by atoms with E-state index in [4.69, 9.17) is 0 Å². The van der Waals surface area contributed by atoms with Crippen molar-refractivity contribution in [1.82, 2.24) is 10.3 Å². The first-order valence-electron chi connectivity index (χ1n) is 5.10. The zero-order valence-electron chi connectivity index (χ0n) is 8.40. The second-order valence-electron chi connectivity index (χ2n) is 3.87. The minimum absolute atomic E-state index is 0.559. The highest BCUT2D eigenvalue weighted by molar-refractivity contribution is 7.09. The summed E-state index contributed by atoms with van der Waals surface area (Å²) in [5.74, 6) is -0.725. The molecule has 0 atom stereocenters. The van der Waals surface area contributed by atoms with Crippen molar-refractivity contribution >= 4 is 17.3 Å². The highest BCUT2D eigenvalue weighted by atomic mass is 32.1. The largest absolute Gasteiger partial charge is 0.480 e.